The van der Waals surface area contributed by atoms with E-state index in [1.165, 1.54) is 11.1 Å². The summed E-state index contributed by atoms with van der Waals surface area (Å²) in [7, 11) is 1.71. The molecule has 0 saturated heterocycles. The van der Waals surface area contributed by atoms with Crippen molar-refractivity contribution in [3.8, 4) is 5.75 Å². The third-order valence-electron chi connectivity index (χ3n) is 2.61. The fourth-order valence-electron chi connectivity index (χ4n) is 1.53. The summed E-state index contributed by atoms with van der Waals surface area (Å²) in [5.74, 6) is 1.63. The zero-order valence-corrected chi connectivity index (χ0v) is 11.5. The van der Waals surface area contributed by atoms with Gasteiger partial charge in [0.1, 0.15) is 5.75 Å². The Bertz CT molecular complexity index is 320. The van der Waals surface area contributed by atoms with E-state index in [0.717, 1.165) is 12.2 Å². The van der Waals surface area contributed by atoms with Crippen molar-refractivity contribution in [1.82, 2.24) is 0 Å². The molecule has 84 valence electrons. The summed E-state index contributed by atoms with van der Waals surface area (Å²) in [6.07, 6.45) is 1.07. The molecule has 1 atom stereocenters. The van der Waals surface area contributed by atoms with Crippen LogP contribution in [0, 0.1) is 12.8 Å². The van der Waals surface area contributed by atoms with Crippen LogP contribution >= 0.6 is 15.9 Å². The maximum atomic E-state index is 5.24. The molecule has 0 aliphatic carbocycles. The summed E-state index contributed by atoms with van der Waals surface area (Å²) in [4.78, 5) is 0.547. The lowest BCUT2D eigenvalue weighted by molar-refractivity contribution is 0.411. The summed E-state index contributed by atoms with van der Waals surface area (Å²) in [5, 5.41) is 0. The molecule has 0 N–H and O–H groups in total. The van der Waals surface area contributed by atoms with Crippen molar-refractivity contribution in [3.63, 3.8) is 0 Å². The van der Waals surface area contributed by atoms with Crippen LogP contribution in [-0.2, 0) is 6.42 Å². The van der Waals surface area contributed by atoms with Gasteiger partial charge in [-0.15, -0.1) is 0 Å². The van der Waals surface area contributed by atoms with Crippen molar-refractivity contribution in [2.75, 3.05) is 7.11 Å². The lowest BCUT2D eigenvalue weighted by Gasteiger charge is -2.14. The minimum absolute atomic E-state index is 0.547. The van der Waals surface area contributed by atoms with Gasteiger partial charge < -0.3 is 4.74 Å². The van der Waals surface area contributed by atoms with Gasteiger partial charge in [0.15, 0.2) is 0 Å². The highest BCUT2D eigenvalue weighted by atomic mass is 79.9. The Morgan fingerprint density at radius 1 is 1.33 bits per heavy atom. The maximum absolute atomic E-state index is 5.24. The summed E-state index contributed by atoms with van der Waals surface area (Å²) in [5.41, 5.74) is 2.57. The van der Waals surface area contributed by atoms with Crippen molar-refractivity contribution in [3.05, 3.63) is 29.3 Å². The summed E-state index contributed by atoms with van der Waals surface area (Å²) in [6.45, 7) is 6.55. The second-order valence-electron chi connectivity index (χ2n) is 4.27. The molecule has 2 heteroatoms. The van der Waals surface area contributed by atoms with Gasteiger partial charge in [0.25, 0.3) is 0 Å². The van der Waals surface area contributed by atoms with E-state index < -0.39 is 0 Å². The Labute approximate surface area is 101 Å². The van der Waals surface area contributed by atoms with Crippen LogP contribution in [0.2, 0.25) is 0 Å². The van der Waals surface area contributed by atoms with Gasteiger partial charge in [0, 0.05) is 4.83 Å². The molecule has 1 rings (SSSR count). The van der Waals surface area contributed by atoms with Crippen LogP contribution < -0.4 is 4.74 Å². The van der Waals surface area contributed by atoms with E-state index in [0.29, 0.717) is 10.7 Å². The van der Waals surface area contributed by atoms with Crippen molar-refractivity contribution in [1.29, 1.82) is 0 Å². The van der Waals surface area contributed by atoms with E-state index in [1.54, 1.807) is 7.11 Å². The first kappa shape index (κ1) is 12.6. The Morgan fingerprint density at radius 2 is 2.00 bits per heavy atom. The quantitative estimate of drug-likeness (QED) is 0.753. The van der Waals surface area contributed by atoms with Crippen molar-refractivity contribution >= 4 is 15.9 Å². The van der Waals surface area contributed by atoms with E-state index in [9.17, 15) is 0 Å². The Kier molecular flexibility index (Phi) is 4.65. The number of rotatable bonds is 4. The molecule has 0 aromatic heterocycles. The molecule has 0 spiro atoms. The average Bonchev–Trinajstić information content (AvgIpc) is 2.18. The standard InChI is InChI=1S/C13H19BrO/c1-9(2)12(14)8-11-5-6-13(15-4)10(3)7-11/h5-7,9,12H,8H2,1-4H3. The molecule has 1 aromatic rings. The minimum Gasteiger partial charge on any atom is -0.496 e. The van der Waals surface area contributed by atoms with Crippen molar-refractivity contribution in [2.45, 2.75) is 32.0 Å². The van der Waals surface area contributed by atoms with Crippen molar-refractivity contribution < 1.29 is 4.74 Å². The highest BCUT2D eigenvalue weighted by Crippen LogP contribution is 2.22. The monoisotopic (exact) mass is 270 g/mol. The van der Waals surface area contributed by atoms with Gasteiger partial charge in [-0.2, -0.15) is 0 Å². The molecule has 0 amide bonds. The third kappa shape index (κ3) is 3.53. The van der Waals surface area contributed by atoms with Crippen LogP contribution in [0.1, 0.15) is 25.0 Å². The Hall–Kier alpha value is -0.500. The molecule has 1 unspecified atom stereocenters. The number of alkyl halides is 1. The first-order chi connectivity index (χ1) is 7.04. The number of halogens is 1. The number of aryl methyl sites for hydroxylation is 1. The zero-order chi connectivity index (χ0) is 11.4. The van der Waals surface area contributed by atoms with Gasteiger partial charge >= 0.3 is 0 Å². The highest BCUT2D eigenvalue weighted by molar-refractivity contribution is 9.09. The summed E-state index contributed by atoms with van der Waals surface area (Å²) < 4.78 is 5.24. The highest BCUT2D eigenvalue weighted by Gasteiger charge is 2.10. The number of hydrogen-bond donors (Lipinski definition) is 0. The van der Waals surface area contributed by atoms with Crippen LogP contribution in [0.15, 0.2) is 18.2 Å². The van der Waals surface area contributed by atoms with Crippen LogP contribution in [0.5, 0.6) is 5.75 Å². The van der Waals surface area contributed by atoms with Crippen LogP contribution in [0.3, 0.4) is 0 Å². The van der Waals surface area contributed by atoms with Crippen LogP contribution in [0.4, 0.5) is 0 Å². The predicted molar refractivity (Wildman–Crippen MR) is 69.0 cm³/mol. The Morgan fingerprint density at radius 3 is 2.47 bits per heavy atom. The lowest BCUT2D eigenvalue weighted by Crippen LogP contribution is -2.10. The largest absolute Gasteiger partial charge is 0.496 e. The van der Waals surface area contributed by atoms with E-state index >= 15 is 0 Å². The number of methoxy groups -OCH3 is 1. The second kappa shape index (κ2) is 5.55. The van der Waals surface area contributed by atoms with Gasteiger partial charge in [-0.25, -0.2) is 0 Å². The molecule has 0 radical (unpaired) electrons. The van der Waals surface area contributed by atoms with E-state index in [4.69, 9.17) is 4.74 Å². The number of hydrogen-bond acceptors (Lipinski definition) is 1. The smallest absolute Gasteiger partial charge is 0.121 e. The molecular formula is C13H19BrO. The van der Waals surface area contributed by atoms with Gasteiger partial charge in [-0.3, -0.25) is 0 Å². The van der Waals surface area contributed by atoms with Gasteiger partial charge in [-0.05, 0) is 36.5 Å². The lowest BCUT2D eigenvalue weighted by atomic mass is 10.0. The molecule has 0 aliphatic rings. The van der Waals surface area contributed by atoms with Gasteiger partial charge in [0.2, 0.25) is 0 Å². The van der Waals surface area contributed by atoms with E-state index in [1.807, 2.05) is 6.07 Å². The molecule has 1 nitrogen and oxygen atoms in total. The van der Waals surface area contributed by atoms with E-state index in [2.05, 4.69) is 48.8 Å². The zero-order valence-electron chi connectivity index (χ0n) is 9.88. The summed E-state index contributed by atoms with van der Waals surface area (Å²) >= 11 is 3.71. The van der Waals surface area contributed by atoms with Gasteiger partial charge in [0.05, 0.1) is 7.11 Å². The molecule has 15 heavy (non-hydrogen) atoms. The topological polar surface area (TPSA) is 9.23 Å². The fraction of sp³-hybridized carbons (Fsp3) is 0.538. The molecule has 0 aliphatic heterocycles. The number of benzene rings is 1. The van der Waals surface area contributed by atoms with Crippen LogP contribution in [0.25, 0.3) is 0 Å². The molecule has 0 heterocycles. The molecule has 1 aromatic carbocycles. The molecule has 0 saturated carbocycles. The first-order valence-corrected chi connectivity index (χ1v) is 6.23. The first-order valence-electron chi connectivity index (χ1n) is 5.32. The second-order valence-corrected chi connectivity index (χ2v) is 5.44. The van der Waals surface area contributed by atoms with Gasteiger partial charge in [-0.1, -0.05) is 41.9 Å². The van der Waals surface area contributed by atoms with Crippen LogP contribution in [-0.4, -0.2) is 11.9 Å². The average molecular weight is 271 g/mol. The fourth-order valence-corrected chi connectivity index (χ4v) is 1.90. The summed E-state index contributed by atoms with van der Waals surface area (Å²) in [6, 6.07) is 6.39. The maximum Gasteiger partial charge on any atom is 0.121 e. The molecule has 0 fully saturated rings. The molecule has 0 bridgehead atoms. The number of ether oxygens (including phenoxy) is 1. The third-order valence-corrected chi connectivity index (χ3v) is 3.99. The van der Waals surface area contributed by atoms with E-state index in [-0.39, 0.29) is 0 Å². The van der Waals surface area contributed by atoms with Crippen molar-refractivity contribution in [2.24, 2.45) is 5.92 Å². The minimum atomic E-state index is 0.547. The predicted octanol–water partition coefficient (Wildman–Crippen LogP) is 3.97. The Balaban J connectivity index is 2.75. The normalized spacial score (nSPS) is 12.9. The SMILES string of the molecule is COc1ccc(CC(Br)C(C)C)cc1C. The molecular weight excluding hydrogens is 252 g/mol.